The summed E-state index contributed by atoms with van der Waals surface area (Å²) in [5.41, 5.74) is 11.8. The largest absolute Gasteiger partial charge is 0.456 e. The van der Waals surface area contributed by atoms with Crippen molar-refractivity contribution in [1.29, 1.82) is 0 Å². The number of benzene rings is 8. The fourth-order valence-corrected chi connectivity index (χ4v) is 7.57. The summed E-state index contributed by atoms with van der Waals surface area (Å²) in [6, 6.07) is 65.7. The molecule has 1 aromatic heterocycles. The SMILES string of the molecule is c1ccc(-c2ccc(C3=NC(c4ccc(-c5cccc6oc7ccccc7c56)c5ccccc45)N=C(c4ccc(-c5ccccc5)cc4)N3)cc2)cc1. The summed E-state index contributed by atoms with van der Waals surface area (Å²) in [7, 11) is 0. The highest BCUT2D eigenvalue weighted by atomic mass is 16.3. The molecule has 0 bridgehead atoms. The highest BCUT2D eigenvalue weighted by Crippen LogP contribution is 2.41. The molecule has 0 saturated carbocycles. The van der Waals surface area contributed by atoms with E-state index in [-0.39, 0.29) is 0 Å². The van der Waals surface area contributed by atoms with Gasteiger partial charge in [-0.3, -0.25) is 0 Å². The van der Waals surface area contributed by atoms with Crippen LogP contribution in [0.15, 0.2) is 202 Å². The maximum absolute atomic E-state index is 6.28. The van der Waals surface area contributed by atoms with E-state index in [1.807, 2.05) is 24.3 Å². The van der Waals surface area contributed by atoms with Crippen LogP contribution in [0.2, 0.25) is 0 Å². The van der Waals surface area contributed by atoms with Crippen molar-refractivity contribution in [3.8, 4) is 33.4 Å². The van der Waals surface area contributed by atoms with Crippen molar-refractivity contribution in [2.24, 2.45) is 9.98 Å². The molecule has 0 fully saturated rings. The van der Waals surface area contributed by atoms with Crippen LogP contribution in [0.3, 0.4) is 0 Å². The van der Waals surface area contributed by atoms with E-state index in [2.05, 4.69) is 169 Å². The highest BCUT2D eigenvalue weighted by molar-refractivity contribution is 6.17. The molecule has 53 heavy (non-hydrogen) atoms. The van der Waals surface area contributed by atoms with Gasteiger partial charge in [0.2, 0.25) is 0 Å². The minimum absolute atomic E-state index is 0.464. The Morgan fingerprint density at radius 3 is 1.47 bits per heavy atom. The van der Waals surface area contributed by atoms with Gasteiger partial charge in [0.05, 0.1) is 0 Å². The number of hydrogen-bond donors (Lipinski definition) is 1. The third-order valence-electron chi connectivity index (χ3n) is 10.2. The summed E-state index contributed by atoms with van der Waals surface area (Å²) >= 11 is 0. The van der Waals surface area contributed by atoms with Gasteiger partial charge in [-0.25, -0.2) is 9.98 Å². The molecular weight excluding hydrogens is 647 g/mol. The average Bonchev–Trinajstić information content (AvgIpc) is 3.63. The number of para-hydroxylation sites is 1. The summed E-state index contributed by atoms with van der Waals surface area (Å²) < 4.78 is 6.28. The molecule has 0 radical (unpaired) electrons. The number of rotatable bonds is 6. The smallest absolute Gasteiger partial charge is 0.170 e. The third kappa shape index (κ3) is 5.58. The molecule has 250 valence electrons. The second-order valence-electron chi connectivity index (χ2n) is 13.4. The van der Waals surface area contributed by atoms with Crippen LogP contribution < -0.4 is 5.32 Å². The van der Waals surface area contributed by atoms with Crippen LogP contribution in [0, 0.1) is 0 Å². The molecule has 0 spiro atoms. The third-order valence-corrected chi connectivity index (χ3v) is 10.2. The predicted octanol–water partition coefficient (Wildman–Crippen LogP) is 12.2. The zero-order valence-corrected chi connectivity index (χ0v) is 28.8. The van der Waals surface area contributed by atoms with Crippen molar-refractivity contribution in [2.45, 2.75) is 6.17 Å². The fourth-order valence-electron chi connectivity index (χ4n) is 7.57. The molecule has 0 unspecified atom stereocenters. The highest BCUT2D eigenvalue weighted by Gasteiger charge is 2.24. The Labute approximate surface area is 307 Å². The first kappa shape index (κ1) is 30.8. The van der Waals surface area contributed by atoms with Gasteiger partial charge in [-0.1, -0.05) is 176 Å². The van der Waals surface area contributed by atoms with E-state index in [1.165, 1.54) is 11.1 Å². The molecule has 10 rings (SSSR count). The first-order valence-electron chi connectivity index (χ1n) is 17.9. The lowest BCUT2D eigenvalue weighted by Gasteiger charge is -2.24. The van der Waals surface area contributed by atoms with Crippen molar-refractivity contribution in [3.05, 3.63) is 205 Å². The topological polar surface area (TPSA) is 49.9 Å². The van der Waals surface area contributed by atoms with Crippen LogP contribution in [0.1, 0.15) is 22.9 Å². The zero-order valence-electron chi connectivity index (χ0n) is 28.8. The number of fused-ring (bicyclic) bond motifs is 4. The molecule has 4 heteroatoms. The monoisotopic (exact) mass is 679 g/mol. The van der Waals surface area contributed by atoms with Crippen molar-refractivity contribution >= 4 is 44.4 Å². The van der Waals surface area contributed by atoms with E-state index >= 15 is 0 Å². The van der Waals surface area contributed by atoms with E-state index in [1.54, 1.807) is 0 Å². The van der Waals surface area contributed by atoms with Crippen molar-refractivity contribution < 1.29 is 4.42 Å². The lowest BCUT2D eigenvalue weighted by molar-refractivity contribution is 0.669. The van der Waals surface area contributed by atoms with Crippen LogP contribution in [0.5, 0.6) is 0 Å². The fraction of sp³-hybridized carbons (Fsp3) is 0.0204. The van der Waals surface area contributed by atoms with Crippen LogP contribution in [-0.2, 0) is 0 Å². The van der Waals surface area contributed by atoms with E-state index in [9.17, 15) is 0 Å². The van der Waals surface area contributed by atoms with Gasteiger partial charge in [0.1, 0.15) is 22.8 Å². The summed E-state index contributed by atoms with van der Waals surface area (Å²) in [6.07, 6.45) is -0.464. The minimum Gasteiger partial charge on any atom is -0.456 e. The average molecular weight is 680 g/mol. The van der Waals surface area contributed by atoms with Crippen LogP contribution in [0.4, 0.5) is 0 Å². The van der Waals surface area contributed by atoms with Gasteiger partial charge in [0.15, 0.2) is 6.17 Å². The Balaban J connectivity index is 1.10. The number of nitrogens with one attached hydrogen (secondary N) is 1. The molecule has 1 N–H and O–H groups in total. The molecular formula is C49H33N3O. The molecule has 0 saturated heterocycles. The number of aliphatic imine (C=N–C) groups is 2. The van der Waals surface area contributed by atoms with Gasteiger partial charge in [-0.05, 0) is 56.3 Å². The Morgan fingerprint density at radius 1 is 0.358 bits per heavy atom. The minimum atomic E-state index is -0.464. The lowest BCUT2D eigenvalue weighted by Crippen LogP contribution is -2.36. The number of amidine groups is 2. The Hall–Kier alpha value is -7.04. The molecule has 0 aliphatic carbocycles. The van der Waals surface area contributed by atoms with Crippen molar-refractivity contribution in [2.75, 3.05) is 0 Å². The zero-order chi connectivity index (χ0) is 35.1. The van der Waals surface area contributed by atoms with Gasteiger partial charge < -0.3 is 9.73 Å². The van der Waals surface area contributed by atoms with E-state index in [0.29, 0.717) is 0 Å². The second kappa shape index (κ2) is 12.9. The number of furan rings is 1. The van der Waals surface area contributed by atoms with Gasteiger partial charge in [-0.2, -0.15) is 0 Å². The van der Waals surface area contributed by atoms with Crippen LogP contribution >= 0.6 is 0 Å². The molecule has 1 aliphatic rings. The maximum Gasteiger partial charge on any atom is 0.170 e. The number of nitrogens with zero attached hydrogens (tertiary/aromatic N) is 2. The standard InChI is InChI=1S/C49H33N3O/c1-3-12-32(13-4-1)34-22-26-36(27-23-34)47-50-48(37-28-24-35(25-29-37)33-14-5-2-6-15-33)52-49(51-47)42-31-30-40(38-16-7-8-17-39(38)42)41-19-11-21-45-46(41)43-18-9-10-20-44(43)53-45/h1-31,49H,(H,50,51,52). The Morgan fingerprint density at radius 2 is 0.849 bits per heavy atom. The number of hydrogen-bond acceptors (Lipinski definition) is 4. The van der Waals surface area contributed by atoms with Crippen LogP contribution in [0.25, 0.3) is 66.1 Å². The Kier molecular flexibility index (Phi) is 7.51. The Bertz CT molecular complexity index is 2740. The molecule has 8 aromatic carbocycles. The molecule has 2 heterocycles. The second-order valence-corrected chi connectivity index (χ2v) is 13.4. The van der Waals surface area contributed by atoms with Gasteiger partial charge in [0.25, 0.3) is 0 Å². The van der Waals surface area contributed by atoms with Gasteiger partial charge in [0, 0.05) is 27.5 Å². The van der Waals surface area contributed by atoms with Gasteiger partial charge in [-0.15, -0.1) is 0 Å². The first-order chi connectivity index (χ1) is 26.3. The molecule has 0 amide bonds. The summed E-state index contributed by atoms with van der Waals surface area (Å²) in [5.74, 6) is 1.57. The van der Waals surface area contributed by atoms with Crippen molar-refractivity contribution in [1.82, 2.24) is 5.32 Å². The van der Waals surface area contributed by atoms with Crippen LogP contribution in [-0.4, -0.2) is 11.7 Å². The molecule has 0 atom stereocenters. The van der Waals surface area contributed by atoms with E-state index < -0.39 is 6.17 Å². The lowest BCUT2D eigenvalue weighted by atomic mass is 9.91. The summed E-state index contributed by atoms with van der Waals surface area (Å²) in [6.45, 7) is 0. The predicted molar refractivity (Wildman–Crippen MR) is 219 cm³/mol. The molecule has 4 nitrogen and oxygen atoms in total. The van der Waals surface area contributed by atoms with E-state index in [0.717, 1.165) is 83.3 Å². The maximum atomic E-state index is 6.28. The summed E-state index contributed by atoms with van der Waals surface area (Å²) in [5, 5.41) is 8.12. The van der Waals surface area contributed by atoms with Crippen molar-refractivity contribution in [3.63, 3.8) is 0 Å². The summed E-state index contributed by atoms with van der Waals surface area (Å²) in [4.78, 5) is 10.6. The van der Waals surface area contributed by atoms with Gasteiger partial charge >= 0.3 is 0 Å². The molecule has 1 aliphatic heterocycles. The first-order valence-corrected chi connectivity index (χ1v) is 17.9. The quantitative estimate of drug-likeness (QED) is 0.190. The molecule has 9 aromatic rings. The normalized spacial score (nSPS) is 13.2. The van der Waals surface area contributed by atoms with E-state index in [4.69, 9.17) is 14.4 Å².